The molecule has 0 aliphatic carbocycles. The van der Waals surface area contributed by atoms with Crippen LogP contribution in [-0.2, 0) is 14.8 Å². The Hall–Kier alpha value is -1.45. The van der Waals surface area contributed by atoms with Crippen molar-refractivity contribution in [3.8, 4) is 0 Å². The van der Waals surface area contributed by atoms with Crippen molar-refractivity contribution in [3.63, 3.8) is 0 Å². The number of carbonyl (C=O) groups is 1. The van der Waals surface area contributed by atoms with E-state index in [1.807, 2.05) is 0 Å². The Labute approximate surface area is 132 Å². The van der Waals surface area contributed by atoms with Crippen LogP contribution in [0.3, 0.4) is 0 Å². The summed E-state index contributed by atoms with van der Waals surface area (Å²) in [6.45, 7) is 0. The predicted molar refractivity (Wildman–Crippen MR) is 80.6 cm³/mol. The summed E-state index contributed by atoms with van der Waals surface area (Å²) in [7, 11) is -2.78. The van der Waals surface area contributed by atoms with Gasteiger partial charge < -0.3 is 4.74 Å². The number of halogens is 2. The number of hydrogen-bond acceptors (Lipinski definition) is 5. The number of sulfonamides is 1. The molecular formula is C12H9BrFNO4S2. The molecule has 0 bridgehead atoms. The molecule has 0 saturated heterocycles. The van der Waals surface area contributed by atoms with Gasteiger partial charge in [0.25, 0.3) is 10.0 Å². The van der Waals surface area contributed by atoms with Crippen molar-refractivity contribution in [1.29, 1.82) is 0 Å². The molecule has 0 fully saturated rings. The van der Waals surface area contributed by atoms with Gasteiger partial charge in [-0.3, -0.25) is 4.72 Å². The van der Waals surface area contributed by atoms with Gasteiger partial charge in [0, 0.05) is 4.47 Å². The van der Waals surface area contributed by atoms with Crippen LogP contribution in [0.1, 0.15) is 10.4 Å². The minimum atomic E-state index is -3.93. The first-order chi connectivity index (χ1) is 9.85. The molecule has 0 atom stereocenters. The number of anilines is 1. The number of ether oxygens (including phenoxy) is 1. The second-order valence-corrected chi connectivity index (χ2v) is 7.49. The van der Waals surface area contributed by atoms with Crippen LogP contribution in [-0.4, -0.2) is 21.5 Å². The third kappa shape index (κ3) is 3.42. The van der Waals surface area contributed by atoms with E-state index >= 15 is 0 Å². The van der Waals surface area contributed by atoms with Gasteiger partial charge in [0.2, 0.25) is 0 Å². The van der Waals surface area contributed by atoms with Crippen molar-refractivity contribution in [2.24, 2.45) is 0 Å². The van der Waals surface area contributed by atoms with Gasteiger partial charge in [0.1, 0.15) is 5.82 Å². The second-order valence-electron chi connectivity index (χ2n) is 3.84. The average Bonchev–Trinajstić information content (AvgIpc) is 2.85. The van der Waals surface area contributed by atoms with Crippen molar-refractivity contribution in [3.05, 3.63) is 45.5 Å². The molecule has 5 nitrogen and oxygen atoms in total. The molecule has 0 saturated carbocycles. The molecule has 2 rings (SSSR count). The van der Waals surface area contributed by atoms with Crippen LogP contribution in [0.25, 0.3) is 0 Å². The summed E-state index contributed by atoms with van der Waals surface area (Å²) >= 11 is 4.11. The van der Waals surface area contributed by atoms with Crippen molar-refractivity contribution in [1.82, 2.24) is 0 Å². The summed E-state index contributed by atoms with van der Waals surface area (Å²) in [6.07, 6.45) is 0. The van der Waals surface area contributed by atoms with Gasteiger partial charge in [-0.1, -0.05) is 0 Å². The Morgan fingerprint density at radius 2 is 2.10 bits per heavy atom. The predicted octanol–water partition coefficient (Wildman–Crippen LogP) is 3.24. The topological polar surface area (TPSA) is 72.5 Å². The van der Waals surface area contributed by atoms with E-state index in [2.05, 4.69) is 25.4 Å². The summed E-state index contributed by atoms with van der Waals surface area (Å²) in [5.74, 6) is -1.44. The molecule has 0 amide bonds. The summed E-state index contributed by atoms with van der Waals surface area (Å²) in [4.78, 5) is 11.6. The van der Waals surface area contributed by atoms with E-state index in [9.17, 15) is 17.6 Å². The zero-order valence-electron chi connectivity index (χ0n) is 10.6. The van der Waals surface area contributed by atoms with E-state index in [0.717, 1.165) is 36.6 Å². The first-order valence-electron chi connectivity index (χ1n) is 5.49. The van der Waals surface area contributed by atoms with Crippen molar-refractivity contribution in [2.75, 3.05) is 11.8 Å². The molecule has 1 N–H and O–H groups in total. The molecule has 9 heteroatoms. The molecule has 0 radical (unpaired) electrons. The van der Waals surface area contributed by atoms with Gasteiger partial charge in [0.15, 0.2) is 4.21 Å². The highest BCUT2D eigenvalue weighted by Gasteiger charge is 2.22. The normalized spacial score (nSPS) is 11.2. The third-order valence-electron chi connectivity index (χ3n) is 2.46. The van der Waals surface area contributed by atoms with Crippen molar-refractivity contribution < 1.29 is 22.3 Å². The third-order valence-corrected chi connectivity index (χ3v) is 6.50. The van der Waals surface area contributed by atoms with E-state index in [-0.39, 0.29) is 15.5 Å². The number of thiophene rings is 1. The number of nitrogens with one attached hydrogen (secondary N) is 1. The summed E-state index contributed by atoms with van der Waals surface area (Å²) in [6, 6.07) is 4.70. The fourth-order valence-electron chi connectivity index (χ4n) is 1.55. The first-order valence-corrected chi connectivity index (χ1v) is 8.64. The van der Waals surface area contributed by atoms with E-state index < -0.39 is 21.8 Å². The quantitative estimate of drug-likeness (QED) is 0.809. The van der Waals surface area contributed by atoms with E-state index in [1.54, 1.807) is 11.4 Å². The smallest absolute Gasteiger partial charge is 0.339 e. The van der Waals surface area contributed by atoms with Crippen LogP contribution in [0.5, 0.6) is 0 Å². The lowest BCUT2D eigenvalue weighted by molar-refractivity contribution is 0.0602. The Morgan fingerprint density at radius 3 is 2.67 bits per heavy atom. The van der Waals surface area contributed by atoms with Gasteiger partial charge in [-0.05, 0) is 45.6 Å². The molecule has 0 spiro atoms. The van der Waals surface area contributed by atoms with Gasteiger partial charge >= 0.3 is 5.97 Å². The van der Waals surface area contributed by atoms with Crippen LogP contribution < -0.4 is 4.72 Å². The fraction of sp³-hybridized carbons (Fsp3) is 0.0833. The number of methoxy groups -OCH3 is 1. The molecule has 0 unspecified atom stereocenters. The molecule has 0 aliphatic rings. The van der Waals surface area contributed by atoms with Crippen LogP contribution >= 0.6 is 27.3 Å². The first kappa shape index (κ1) is 15.9. The molecule has 112 valence electrons. The average molecular weight is 394 g/mol. The van der Waals surface area contributed by atoms with E-state index in [4.69, 9.17) is 0 Å². The van der Waals surface area contributed by atoms with Gasteiger partial charge in [-0.15, -0.1) is 11.3 Å². The van der Waals surface area contributed by atoms with Crippen LogP contribution in [0.15, 0.2) is 38.3 Å². The fourth-order valence-corrected chi connectivity index (χ4v) is 4.96. The SMILES string of the molecule is COC(=O)c1ccc(F)cc1NS(=O)(=O)c1sccc1Br. The van der Waals surface area contributed by atoms with Crippen molar-refractivity contribution in [2.45, 2.75) is 4.21 Å². The highest BCUT2D eigenvalue weighted by molar-refractivity contribution is 9.10. The number of esters is 1. The standard InChI is InChI=1S/C12H9BrFNO4S2/c1-19-11(16)8-3-2-7(14)6-10(8)15-21(17,18)12-9(13)4-5-20-12/h2-6,15H,1H3. The van der Waals surface area contributed by atoms with Gasteiger partial charge in [-0.25, -0.2) is 17.6 Å². The summed E-state index contributed by atoms with van der Waals surface area (Å²) in [5.41, 5.74) is -0.252. The summed E-state index contributed by atoms with van der Waals surface area (Å²) < 4.78 is 45.0. The maximum Gasteiger partial charge on any atom is 0.339 e. The summed E-state index contributed by atoms with van der Waals surface area (Å²) in [5, 5.41) is 1.59. The lowest BCUT2D eigenvalue weighted by atomic mass is 10.2. The molecule has 1 heterocycles. The molecule has 2 aromatic rings. The number of hydrogen-bond donors (Lipinski definition) is 1. The highest BCUT2D eigenvalue weighted by Crippen LogP contribution is 2.30. The minimum absolute atomic E-state index is 0.0302. The molecular weight excluding hydrogens is 385 g/mol. The van der Waals surface area contributed by atoms with Crippen LogP contribution in [0, 0.1) is 5.82 Å². The molecule has 0 aliphatic heterocycles. The van der Waals surface area contributed by atoms with Gasteiger partial charge in [0.05, 0.1) is 18.4 Å². The van der Waals surface area contributed by atoms with Crippen LogP contribution in [0.4, 0.5) is 10.1 Å². The van der Waals surface area contributed by atoms with E-state index in [0.29, 0.717) is 4.47 Å². The monoisotopic (exact) mass is 393 g/mol. The maximum absolute atomic E-state index is 13.3. The Morgan fingerprint density at radius 1 is 1.38 bits per heavy atom. The van der Waals surface area contributed by atoms with E-state index in [1.165, 1.54) is 0 Å². The zero-order valence-corrected chi connectivity index (χ0v) is 13.8. The Bertz CT molecular complexity index is 788. The zero-order chi connectivity index (χ0) is 15.6. The maximum atomic E-state index is 13.3. The number of benzene rings is 1. The van der Waals surface area contributed by atoms with Crippen LogP contribution in [0.2, 0.25) is 0 Å². The Kier molecular flexibility index (Phi) is 4.64. The lowest BCUT2D eigenvalue weighted by Gasteiger charge is -2.11. The minimum Gasteiger partial charge on any atom is -0.465 e. The van der Waals surface area contributed by atoms with Gasteiger partial charge in [-0.2, -0.15) is 0 Å². The van der Waals surface area contributed by atoms with Crippen molar-refractivity contribution >= 4 is 48.9 Å². The molecule has 21 heavy (non-hydrogen) atoms. The number of carbonyl (C=O) groups excluding carboxylic acids is 1. The molecule has 1 aromatic heterocycles. The lowest BCUT2D eigenvalue weighted by Crippen LogP contribution is -2.15. The largest absolute Gasteiger partial charge is 0.465 e. The highest BCUT2D eigenvalue weighted by atomic mass is 79.9. The number of rotatable bonds is 4. The second kappa shape index (κ2) is 6.12. The molecule has 1 aromatic carbocycles. The Balaban J connectivity index is 2.46.